The molecule has 114 valence electrons. The zero-order valence-electron chi connectivity index (χ0n) is 11.8. The number of carbonyl (C=O) groups excluding carboxylic acids is 2. The molecule has 0 spiro atoms. The van der Waals surface area contributed by atoms with Gasteiger partial charge in [-0.1, -0.05) is 6.42 Å². The Morgan fingerprint density at radius 1 is 1.15 bits per heavy atom. The van der Waals surface area contributed by atoms with Crippen LogP contribution in [0.2, 0.25) is 0 Å². The zero-order valence-corrected chi connectivity index (χ0v) is 12.6. The lowest BCUT2D eigenvalue weighted by Gasteiger charge is -2.37. The Labute approximate surface area is 126 Å². The smallest absolute Gasteiger partial charge is 0.242 e. The van der Waals surface area contributed by atoms with Gasteiger partial charge in [0, 0.05) is 31.1 Å². The van der Waals surface area contributed by atoms with Crippen LogP contribution in [0, 0.1) is 5.92 Å². The molecule has 5 nitrogen and oxygen atoms in total. The van der Waals surface area contributed by atoms with E-state index >= 15 is 0 Å². The molecule has 3 rings (SSSR count). The van der Waals surface area contributed by atoms with E-state index in [1.165, 1.54) is 0 Å². The zero-order chi connectivity index (χ0) is 13.4. The molecule has 2 N–H and O–H groups in total. The Morgan fingerprint density at radius 3 is 2.50 bits per heavy atom. The summed E-state index contributed by atoms with van der Waals surface area (Å²) >= 11 is 0. The Hall–Kier alpha value is -0.810. The molecule has 0 aromatic heterocycles. The van der Waals surface area contributed by atoms with Crippen LogP contribution in [0.1, 0.15) is 38.5 Å². The van der Waals surface area contributed by atoms with E-state index in [9.17, 15) is 9.59 Å². The van der Waals surface area contributed by atoms with Crippen molar-refractivity contribution in [2.45, 2.75) is 50.6 Å². The second-order valence-corrected chi connectivity index (χ2v) is 6.20. The predicted molar refractivity (Wildman–Crippen MR) is 78.5 cm³/mol. The maximum Gasteiger partial charge on any atom is 0.242 e. The minimum Gasteiger partial charge on any atom is -0.336 e. The lowest BCUT2D eigenvalue weighted by molar-refractivity contribution is -0.148. The molecule has 2 unspecified atom stereocenters. The Morgan fingerprint density at radius 2 is 1.90 bits per heavy atom. The molecule has 2 saturated carbocycles. The van der Waals surface area contributed by atoms with Gasteiger partial charge in [-0.2, -0.15) is 0 Å². The monoisotopic (exact) mass is 301 g/mol. The van der Waals surface area contributed by atoms with E-state index in [4.69, 9.17) is 5.73 Å². The average molecular weight is 302 g/mol. The SMILES string of the molecule is Cl.NC1CCCC(C(=O)N2CCN(C3CC3)C(=O)C2)C1. The first-order valence-corrected chi connectivity index (χ1v) is 7.49. The van der Waals surface area contributed by atoms with Gasteiger partial charge in [0.05, 0.1) is 6.54 Å². The summed E-state index contributed by atoms with van der Waals surface area (Å²) in [7, 11) is 0. The van der Waals surface area contributed by atoms with Crippen molar-refractivity contribution in [1.29, 1.82) is 0 Å². The Balaban J connectivity index is 0.00000147. The predicted octanol–water partition coefficient (Wildman–Crippen LogP) is 0.759. The lowest BCUT2D eigenvalue weighted by Crippen LogP contribution is -2.54. The van der Waals surface area contributed by atoms with Crippen molar-refractivity contribution in [3.05, 3.63) is 0 Å². The van der Waals surface area contributed by atoms with Gasteiger partial charge >= 0.3 is 0 Å². The second-order valence-electron chi connectivity index (χ2n) is 6.20. The molecule has 20 heavy (non-hydrogen) atoms. The molecule has 6 heteroatoms. The maximum atomic E-state index is 12.4. The third-order valence-electron chi connectivity index (χ3n) is 4.62. The van der Waals surface area contributed by atoms with Crippen LogP contribution in [0.4, 0.5) is 0 Å². The molecule has 0 radical (unpaired) electrons. The van der Waals surface area contributed by atoms with Gasteiger partial charge in [-0.25, -0.2) is 0 Å². The fourth-order valence-electron chi connectivity index (χ4n) is 3.36. The highest BCUT2D eigenvalue weighted by Gasteiger charge is 2.38. The van der Waals surface area contributed by atoms with Gasteiger partial charge < -0.3 is 15.5 Å². The minimum atomic E-state index is 0. The molecule has 1 saturated heterocycles. The molecule has 0 aromatic carbocycles. The molecular formula is C14H24ClN3O2. The number of carbonyl (C=O) groups is 2. The first-order chi connectivity index (χ1) is 9.15. The van der Waals surface area contributed by atoms with E-state index in [0.29, 0.717) is 19.1 Å². The quantitative estimate of drug-likeness (QED) is 0.819. The molecule has 3 fully saturated rings. The van der Waals surface area contributed by atoms with E-state index < -0.39 is 0 Å². The van der Waals surface area contributed by atoms with Crippen molar-refractivity contribution < 1.29 is 9.59 Å². The van der Waals surface area contributed by atoms with Gasteiger partial charge in [0.2, 0.25) is 11.8 Å². The summed E-state index contributed by atoms with van der Waals surface area (Å²) in [6.07, 6.45) is 6.06. The topological polar surface area (TPSA) is 66.6 Å². The fraction of sp³-hybridized carbons (Fsp3) is 0.857. The molecule has 0 aromatic rings. The third kappa shape index (κ3) is 3.26. The maximum absolute atomic E-state index is 12.4. The van der Waals surface area contributed by atoms with E-state index in [-0.39, 0.29) is 42.7 Å². The first kappa shape index (κ1) is 15.6. The summed E-state index contributed by atoms with van der Waals surface area (Å²) in [4.78, 5) is 28.2. The van der Waals surface area contributed by atoms with Gasteiger partial charge in [0.15, 0.2) is 0 Å². The standard InChI is InChI=1S/C14H23N3O2.ClH/c15-11-3-1-2-10(8-11)14(19)16-6-7-17(12-4-5-12)13(18)9-16;/h10-12H,1-9,15H2;1H. The number of amides is 2. The van der Waals surface area contributed by atoms with Crippen molar-refractivity contribution in [2.24, 2.45) is 11.7 Å². The molecule has 2 amide bonds. The van der Waals surface area contributed by atoms with Gasteiger partial charge in [-0.15, -0.1) is 12.4 Å². The summed E-state index contributed by atoms with van der Waals surface area (Å²) in [5.74, 6) is 0.324. The fourth-order valence-corrected chi connectivity index (χ4v) is 3.36. The minimum absolute atomic E-state index is 0. The molecule has 0 bridgehead atoms. The van der Waals surface area contributed by atoms with Crippen LogP contribution in [-0.4, -0.2) is 53.3 Å². The van der Waals surface area contributed by atoms with Crippen LogP contribution in [0.3, 0.4) is 0 Å². The summed E-state index contributed by atoms with van der Waals surface area (Å²) in [5, 5.41) is 0. The molecule has 2 aliphatic carbocycles. The van der Waals surface area contributed by atoms with Crippen molar-refractivity contribution in [3.63, 3.8) is 0 Å². The van der Waals surface area contributed by atoms with Crippen molar-refractivity contribution in [2.75, 3.05) is 19.6 Å². The summed E-state index contributed by atoms with van der Waals surface area (Å²) in [5.41, 5.74) is 5.94. The highest BCUT2D eigenvalue weighted by atomic mass is 35.5. The van der Waals surface area contributed by atoms with Gasteiger partial charge in [0.25, 0.3) is 0 Å². The summed E-state index contributed by atoms with van der Waals surface area (Å²) < 4.78 is 0. The lowest BCUT2D eigenvalue weighted by atomic mass is 9.85. The molecule has 1 aliphatic heterocycles. The Bertz CT molecular complexity index is 387. The number of nitrogens with zero attached hydrogens (tertiary/aromatic N) is 2. The van der Waals surface area contributed by atoms with E-state index in [0.717, 1.165) is 38.5 Å². The Kier molecular flexibility index (Phi) is 4.91. The normalized spacial score (nSPS) is 30.9. The van der Waals surface area contributed by atoms with Crippen LogP contribution >= 0.6 is 12.4 Å². The van der Waals surface area contributed by atoms with Crippen LogP contribution in [0.5, 0.6) is 0 Å². The van der Waals surface area contributed by atoms with Crippen molar-refractivity contribution in [3.8, 4) is 0 Å². The third-order valence-corrected chi connectivity index (χ3v) is 4.62. The van der Waals surface area contributed by atoms with Gasteiger partial charge in [-0.3, -0.25) is 9.59 Å². The van der Waals surface area contributed by atoms with Crippen LogP contribution in [0.15, 0.2) is 0 Å². The van der Waals surface area contributed by atoms with E-state index in [1.807, 2.05) is 4.90 Å². The largest absolute Gasteiger partial charge is 0.336 e. The highest BCUT2D eigenvalue weighted by Crippen LogP contribution is 2.29. The van der Waals surface area contributed by atoms with Crippen molar-refractivity contribution >= 4 is 24.2 Å². The molecule has 3 aliphatic rings. The van der Waals surface area contributed by atoms with E-state index in [2.05, 4.69) is 0 Å². The number of rotatable bonds is 2. The number of hydrogen-bond donors (Lipinski definition) is 1. The first-order valence-electron chi connectivity index (χ1n) is 7.49. The molecule has 1 heterocycles. The molecular weight excluding hydrogens is 278 g/mol. The van der Waals surface area contributed by atoms with Gasteiger partial charge in [0.1, 0.15) is 0 Å². The number of nitrogens with two attached hydrogens (primary N) is 1. The average Bonchev–Trinajstić information content (AvgIpc) is 3.22. The van der Waals surface area contributed by atoms with Crippen LogP contribution in [0.25, 0.3) is 0 Å². The van der Waals surface area contributed by atoms with Gasteiger partial charge in [-0.05, 0) is 32.1 Å². The van der Waals surface area contributed by atoms with E-state index in [1.54, 1.807) is 4.90 Å². The van der Waals surface area contributed by atoms with Crippen LogP contribution in [-0.2, 0) is 9.59 Å². The van der Waals surface area contributed by atoms with Crippen LogP contribution < -0.4 is 5.73 Å². The molecule has 2 atom stereocenters. The second kappa shape index (κ2) is 6.31. The summed E-state index contributed by atoms with van der Waals surface area (Å²) in [6.45, 7) is 1.70. The highest BCUT2D eigenvalue weighted by molar-refractivity contribution is 5.87. The van der Waals surface area contributed by atoms with Crippen molar-refractivity contribution in [1.82, 2.24) is 9.80 Å². The number of hydrogen-bond acceptors (Lipinski definition) is 3. The summed E-state index contributed by atoms with van der Waals surface area (Å²) in [6, 6.07) is 0.624. The number of halogens is 1. The number of piperazine rings is 1.